The zero-order valence-electron chi connectivity index (χ0n) is 11.8. The van der Waals surface area contributed by atoms with Crippen LogP contribution in [0, 0.1) is 0 Å². The molecule has 2 aromatic rings. The average Bonchev–Trinajstić information content (AvgIpc) is 3.02. The van der Waals surface area contributed by atoms with Crippen LogP contribution in [0.15, 0.2) is 30.6 Å². The highest BCUT2D eigenvalue weighted by molar-refractivity contribution is 7.93. The number of nitrogens with one attached hydrogen (secondary N) is 1. The molecule has 0 radical (unpaired) electrons. The van der Waals surface area contributed by atoms with Gasteiger partial charge < -0.3 is 0 Å². The predicted octanol–water partition coefficient (Wildman–Crippen LogP) is 1.95. The maximum Gasteiger partial charge on any atom is 0.237 e. The van der Waals surface area contributed by atoms with E-state index in [9.17, 15) is 8.42 Å². The number of alkyl halides is 1. The molecule has 0 saturated heterocycles. The van der Waals surface area contributed by atoms with E-state index in [0.29, 0.717) is 17.8 Å². The van der Waals surface area contributed by atoms with Gasteiger partial charge in [0.1, 0.15) is 6.33 Å². The van der Waals surface area contributed by atoms with Crippen LogP contribution in [0.3, 0.4) is 0 Å². The first-order valence-electron chi connectivity index (χ1n) is 7.06. The smallest absolute Gasteiger partial charge is 0.237 e. The van der Waals surface area contributed by atoms with E-state index in [4.69, 9.17) is 11.6 Å². The highest BCUT2D eigenvalue weighted by atomic mass is 35.5. The molecule has 0 aliphatic heterocycles. The lowest BCUT2D eigenvalue weighted by Crippen LogP contribution is -2.37. The maximum atomic E-state index is 12.6. The molecule has 1 N–H and O–H groups in total. The molecule has 0 unspecified atom stereocenters. The van der Waals surface area contributed by atoms with Crippen LogP contribution in [0.2, 0.25) is 0 Å². The molecule has 1 heterocycles. The van der Waals surface area contributed by atoms with Gasteiger partial charge in [0.05, 0.1) is 22.0 Å². The molecule has 9 heteroatoms. The third-order valence-electron chi connectivity index (χ3n) is 3.77. The Morgan fingerprint density at radius 3 is 2.73 bits per heavy atom. The van der Waals surface area contributed by atoms with Crippen molar-refractivity contribution in [2.45, 2.75) is 36.3 Å². The molecular formula is C13H16ClN5O2S. The number of benzene rings is 1. The number of anilines is 1. The van der Waals surface area contributed by atoms with Gasteiger partial charge in [0.15, 0.2) is 0 Å². The fourth-order valence-electron chi connectivity index (χ4n) is 2.66. The first kappa shape index (κ1) is 15.2. The minimum absolute atomic E-state index is 0.355. The van der Waals surface area contributed by atoms with Crippen molar-refractivity contribution in [1.29, 1.82) is 0 Å². The Kier molecular flexibility index (Phi) is 4.30. The van der Waals surface area contributed by atoms with Gasteiger partial charge in [-0.05, 0) is 35.4 Å². The van der Waals surface area contributed by atoms with Crippen molar-refractivity contribution < 1.29 is 8.42 Å². The van der Waals surface area contributed by atoms with Gasteiger partial charge in [-0.2, -0.15) is 4.68 Å². The number of tetrazole rings is 1. The minimum atomic E-state index is -3.56. The zero-order chi connectivity index (χ0) is 15.6. The van der Waals surface area contributed by atoms with Crippen molar-refractivity contribution >= 4 is 27.3 Å². The van der Waals surface area contributed by atoms with Gasteiger partial charge in [-0.1, -0.05) is 25.0 Å². The van der Waals surface area contributed by atoms with Crippen molar-refractivity contribution in [3.63, 3.8) is 0 Å². The molecule has 7 nitrogen and oxygen atoms in total. The molecule has 1 aliphatic rings. The summed E-state index contributed by atoms with van der Waals surface area (Å²) in [6, 6.07) is 6.97. The van der Waals surface area contributed by atoms with Crippen LogP contribution < -0.4 is 4.72 Å². The lowest BCUT2D eigenvalue weighted by Gasteiger charge is -2.27. The molecule has 1 saturated carbocycles. The van der Waals surface area contributed by atoms with E-state index in [1.807, 2.05) is 0 Å². The number of sulfonamides is 1. The SMILES string of the molecule is O=S(=O)(Nc1ccccc1-n1cnnn1)[C@H]1CCCC[C@H]1Cl. The summed E-state index contributed by atoms with van der Waals surface area (Å²) in [4.78, 5) is 0. The molecule has 2 atom stereocenters. The summed E-state index contributed by atoms with van der Waals surface area (Å²) in [6.07, 6.45) is 4.57. The molecule has 1 fully saturated rings. The highest BCUT2D eigenvalue weighted by Crippen LogP contribution is 2.30. The predicted molar refractivity (Wildman–Crippen MR) is 83.6 cm³/mol. The third-order valence-corrected chi connectivity index (χ3v) is 6.31. The molecular weight excluding hydrogens is 326 g/mol. The van der Waals surface area contributed by atoms with Gasteiger partial charge in [0, 0.05) is 0 Å². The molecule has 0 bridgehead atoms. The van der Waals surface area contributed by atoms with Crippen LogP contribution in [-0.2, 0) is 10.0 Å². The standard InChI is InChI=1S/C13H16ClN5O2S/c14-10-5-1-4-8-13(10)22(20,21)16-11-6-2-3-7-12(11)19-9-15-17-18-19/h2-3,6-7,9-10,13,16H,1,4-5,8H2/t10-,13+/m1/s1. The number of para-hydroxylation sites is 2. The highest BCUT2D eigenvalue weighted by Gasteiger charge is 2.34. The van der Waals surface area contributed by atoms with Crippen LogP contribution in [0.5, 0.6) is 0 Å². The fourth-order valence-corrected chi connectivity index (χ4v) is 4.98. The first-order valence-corrected chi connectivity index (χ1v) is 9.04. The normalized spacial score (nSPS) is 22.4. The largest absolute Gasteiger partial charge is 0.281 e. The second kappa shape index (κ2) is 6.21. The van der Waals surface area contributed by atoms with Gasteiger partial charge in [-0.3, -0.25) is 4.72 Å². The second-order valence-corrected chi connectivity index (χ2v) is 7.72. The Bertz CT molecular complexity index is 735. The topological polar surface area (TPSA) is 89.8 Å². The van der Waals surface area contributed by atoms with Crippen LogP contribution in [0.4, 0.5) is 5.69 Å². The molecule has 3 rings (SSSR count). The summed E-state index contributed by atoms with van der Waals surface area (Å²) in [7, 11) is -3.56. The van der Waals surface area contributed by atoms with Crippen molar-refractivity contribution in [1.82, 2.24) is 20.2 Å². The summed E-state index contributed by atoms with van der Waals surface area (Å²) in [6.45, 7) is 0. The fraction of sp³-hybridized carbons (Fsp3) is 0.462. The Balaban J connectivity index is 1.90. The molecule has 0 spiro atoms. The van der Waals surface area contributed by atoms with E-state index in [1.165, 1.54) is 11.0 Å². The summed E-state index contributed by atoms with van der Waals surface area (Å²) in [5, 5.41) is 10.0. The Morgan fingerprint density at radius 1 is 1.23 bits per heavy atom. The minimum Gasteiger partial charge on any atom is -0.281 e. The van der Waals surface area contributed by atoms with Crippen LogP contribution in [0.25, 0.3) is 5.69 Å². The van der Waals surface area contributed by atoms with Gasteiger partial charge in [-0.25, -0.2) is 8.42 Å². The van der Waals surface area contributed by atoms with Crippen LogP contribution in [0.1, 0.15) is 25.7 Å². The van der Waals surface area contributed by atoms with Gasteiger partial charge >= 0.3 is 0 Å². The van der Waals surface area contributed by atoms with E-state index in [0.717, 1.165) is 19.3 Å². The number of nitrogens with zero attached hydrogens (tertiary/aromatic N) is 4. The number of hydrogen-bond acceptors (Lipinski definition) is 5. The van der Waals surface area contributed by atoms with Crippen LogP contribution >= 0.6 is 11.6 Å². The molecule has 0 amide bonds. The van der Waals surface area contributed by atoms with Crippen LogP contribution in [-0.4, -0.2) is 39.3 Å². The first-order chi connectivity index (χ1) is 10.6. The van der Waals surface area contributed by atoms with Crippen molar-refractivity contribution in [3.05, 3.63) is 30.6 Å². The lowest BCUT2D eigenvalue weighted by atomic mass is 10.00. The van der Waals surface area contributed by atoms with Crippen molar-refractivity contribution in [2.75, 3.05) is 4.72 Å². The molecule has 118 valence electrons. The maximum absolute atomic E-state index is 12.6. The summed E-state index contributed by atoms with van der Waals surface area (Å²) >= 11 is 6.22. The van der Waals surface area contributed by atoms with Crippen molar-refractivity contribution in [2.24, 2.45) is 0 Å². The second-order valence-electron chi connectivity index (χ2n) is 5.26. The Hall–Kier alpha value is -1.67. The summed E-state index contributed by atoms with van der Waals surface area (Å²) in [5.74, 6) is 0. The molecule has 1 aliphatic carbocycles. The van der Waals surface area contributed by atoms with E-state index >= 15 is 0 Å². The average molecular weight is 342 g/mol. The summed E-state index contributed by atoms with van der Waals surface area (Å²) in [5.41, 5.74) is 1.00. The van der Waals surface area contributed by atoms with Gasteiger partial charge in [0.2, 0.25) is 10.0 Å². The third kappa shape index (κ3) is 3.07. The zero-order valence-corrected chi connectivity index (χ0v) is 13.3. The van der Waals surface area contributed by atoms with Crippen molar-refractivity contribution in [3.8, 4) is 5.69 Å². The molecule has 22 heavy (non-hydrogen) atoms. The van der Waals surface area contributed by atoms with E-state index in [-0.39, 0.29) is 5.38 Å². The van der Waals surface area contributed by atoms with E-state index in [1.54, 1.807) is 24.3 Å². The van der Waals surface area contributed by atoms with E-state index in [2.05, 4.69) is 20.2 Å². The number of halogens is 1. The Morgan fingerprint density at radius 2 is 2.00 bits per heavy atom. The number of rotatable bonds is 4. The number of aromatic nitrogens is 4. The lowest BCUT2D eigenvalue weighted by molar-refractivity contribution is 0.491. The summed E-state index contributed by atoms with van der Waals surface area (Å²) < 4.78 is 29.3. The Labute approximate surface area is 133 Å². The van der Waals surface area contributed by atoms with Gasteiger partial charge in [-0.15, -0.1) is 16.7 Å². The van der Waals surface area contributed by atoms with Gasteiger partial charge in [0.25, 0.3) is 0 Å². The molecule has 1 aromatic heterocycles. The quantitative estimate of drug-likeness (QED) is 0.858. The monoisotopic (exact) mass is 341 g/mol. The van der Waals surface area contributed by atoms with E-state index < -0.39 is 15.3 Å². The number of hydrogen-bond donors (Lipinski definition) is 1. The molecule has 1 aromatic carbocycles.